The zero-order valence-electron chi connectivity index (χ0n) is 15.6. The molecular weight excluding hydrogens is 468 g/mol. The lowest BCUT2D eigenvalue weighted by Crippen LogP contribution is -2.29. The van der Waals surface area contributed by atoms with Gasteiger partial charge in [-0.3, -0.25) is 41.0 Å². The van der Waals surface area contributed by atoms with Gasteiger partial charge in [0.15, 0.2) is 5.16 Å². The number of nitrogens with zero attached hydrogens (tertiary/aromatic N) is 4. The van der Waals surface area contributed by atoms with E-state index in [1.165, 1.54) is 18.5 Å². The molecule has 17 heteroatoms. The minimum atomic E-state index is -4.18. The molecule has 3 aromatic rings. The number of primary sulfonamides is 1. The number of hydrazine groups is 1. The van der Waals surface area contributed by atoms with Crippen LogP contribution in [0.4, 0.5) is 17.1 Å². The minimum Gasteiger partial charge on any atom is -0.292 e. The van der Waals surface area contributed by atoms with Crippen LogP contribution in [-0.4, -0.2) is 39.4 Å². The van der Waals surface area contributed by atoms with E-state index in [1.807, 2.05) is 0 Å². The second-order valence-electron chi connectivity index (χ2n) is 5.89. The van der Waals surface area contributed by atoms with Crippen LogP contribution >= 0.6 is 11.8 Å². The number of aromatic amines is 1. The molecule has 0 aliphatic heterocycles. The Morgan fingerprint density at radius 1 is 1.09 bits per heavy atom. The highest BCUT2D eigenvalue weighted by Gasteiger charge is 2.22. The first-order valence-corrected chi connectivity index (χ1v) is 10.6. The van der Waals surface area contributed by atoms with Gasteiger partial charge in [-0.1, -0.05) is 0 Å². The van der Waals surface area contributed by atoms with E-state index in [9.17, 15) is 33.4 Å². The standard InChI is InChI=1S/C15H12N8O7S2/c16-32(29,30)9-2-3-10(11(6-9)22(25)26)19-20-14(24)8-1-4-13(12(5-8)23(27)28)31-15-17-7-18-21-15/h1-7,19H,(H,20,24)(H2,16,29,30)(H,17,18,21). The Kier molecular flexibility index (Phi) is 6.32. The van der Waals surface area contributed by atoms with Crippen LogP contribution in [0.2, 0.25) is 0 Å². The van der Waals surface area contributed by atoms with E-state index >= 15 is 0 Å². The first kappa shape index (κ1) is 22.6. The van der Waals surface area contributed by atoms with Crippen molar-refractivity contribution in [2.45, 2.75) is 14.9 Å². The van der Waals surface area contributed by atoms with Gasteiger partial charge in [0, 0.05) is 17.7 Å². The van der Waals surface area contributed by atoms with Crippen LogP contribution in [0.1, 0.15) is 10.4 Å². The minimum absolute atomic E-state index is 0.116. The number of nitrogens with two attached hydrogens (primary N) is 1. The monoisotopic (exact) mass is 480 g/mol. The highest BCUT2D eigenvalue weighted by atomic mass is 32.2. The van der Waals surface area contributed by atoms with Gasteiger partial charge in [0.1, 0.15) is 12.0 Å². The number of carbonyl (C=O) groups excluding carboxylic acids is 1. The second-order valence-corrected chi connectivity index (χ2v) is 8.48. The van der Waals surface area contributed by atoms with Crippen LogP contribution in [-0.2, 0) is 10.0 Å². The van der Waals surface area contributed by atoms with Crippen LogP contribution in [0, 0.1) is 20.2 Å². The van der Waals surface area contributed by atoms with E-state index in [0.29, 0.717) is 5.16 Å². The zero-order chi connectivity index (χ0) is 23.5. The van der Waals surface area contributed by atoms with Crippen LogP contribution < -0.4 is 16.0 Å². The van der Waals surface area contributed by atoms with Gasteiger partial charge in [0.2, 0.25) is 10.0 Å². The molecule has 1 amide bonds. The van der Waals surface area contributed by atoms with E-state index in [0.717, 1.165) is 36.0 Å². The number of nitro groups is 2. The fourth-order valence-electron chi connectivity index (χ4n) is 2.38. The molecule has 0 saturated carbocycles. The number of rotatable bonds is 8. The van der Waals surface area contributed by atoms with Gasteiger partial charge >= 0.3 is 0 Å². The lowest BCUT2D eigenvalue weighted by molar-refractivity contribution is -0.387. The summed E-state index contributed by atoms with van der Waals surface area (Å²) in [7, 11) is -4.18. The van der Waals surface area contributed by atoms with Crippen molar-refractivity contribution < 1.29 is 23.1 Å². The van der Waals surface area contributed by atoms with Crippen molar-refractivity contribution in [2.75, 3.05) is 5.43 Å². The molecule has 0 bridgehead atoms. The van der Waals surface area contributed by atoms with Crippen LogP contribution in [0.25, 0.3) is 0 Å². The third-order valence-corrected chi connectivity index (χ3v) is 5.69. The lowest BCUT2D eigenvalue weighted by Gasteiger charge is -2.10. The summed E-state index contributed by atoms with van der Waals surface area (Å²) in [5, 5.41) is 34.1. The Morgan fingerprint density at radius 3 is 2.41 bits per heavy atom. The number of hydrogen-bond acceptors (Lipinski definition) is 11. The zero-order valence-corrected chi connectivity index (χ0v) is 17.2. The maximum absolute atomic E-state index is 12.4. The summed E-state index contributed by atoms with van der Waals surface area (Å²) < 4.78 is 22.8. The van der Waals surface area contributed by atoms with Gasteiger partial charge in [-0.25, -0.2) is 18.5 Å². The lowest BCUT2D eigenvalue weighted by atomic mass is 10.2. The van der Waals surface area contributed by atoms with E-state index in [-0.39, 0.29) is 21.8 Å². The molecule has 0 aliphatic carbocycles. The molecule has 0 atom stereocenters. The van der Waals surface area contributed by atoms with Gasteiger partial charge in [0.25, 0.3) is 17.3 Å². The van der Waals surface area contributed by atoms with Crippen molar-refractivity contribution in [3.05, 3.63) is 68.5 Å². The Balaban J connectivity index is 1.81. The van der Waals surface area contributed by atoms with Crippen molar-refractivity contribution in [1.82, 2.24) is 20.6 Å². The van der Waals surface area contributed by atoms with Gasteiger partial charge in [0.05, 0.1) is 19.6 Å². The van der Waals surface area contributed by atoms with Crippen molar-refractivity contribution >= 4 is 44.8 Å². The maximum Gasteiger partial charge on any atom is 0.295 e. The second kappa shape index (κ2) is 8.96. The number of carbonyl (C=O) groups is 1. The number of hydrogen-bond donors (Lipinski definition) is 4. The maximum atomic E-state index is 12.4. The number of anilines is 1. The predicted octanol–water partition coefficient (Wildman–Crippen LogP) is 1.18. The average Bonchev–Trinajstić information content (AvgIpc) is 3.24. The number of nitro benzene ring substituents is 2. The summed E-state index contributed by atoms with van der Waals surface area (Å²) in [6.45, 7) is 0. The molecule has 166 valence electrons. The molecule has 0 unspecified atom stereocenters. The summed E-state index contributed by atoms with van der Waals surface area (Å²) in [4.78, 5) is 37.1. The molecule has 32 heavy (non-hydrogen) atoms. The number of amides is 1. The Morgan fingerprint density at radius 2 is 1.81 bits per heavy atom. The summed E-state index contributed by atoms with van der Waals surface area (Å²) in [5.74, 6) is -0.839. The van der Waals surface area contributed by atoms with Crippen molar-refractivity contribution in [2.24, 2.45) is 5.14 Å². The number of benzene rings is 2. The molecule has 15 nitrogen and oxygen atoms in total. The number of sulfonamides is 1. The first-order chi connectivity index (χ1) is 15.1. The largest absolute Gasteiger partial charge is 0.295 e. The Labute approximate surface area is 182 Å². The molecule has 1 heterocycles. The molecule has 0 fully saturated rings. The van der Waals surface area contributed by atoms with Gasteiger partial charge < -0.3 is 0 Å². The molecule has 0 radical (unpaired) electrons. The first-order valence-electron chi connectivity index (χ1n) is 8.25. The molecule has 2 aromatic carbocycles. The van der Waals surface area contributed by atoms with Crippen molar-refractivity contribution in [3.63, 3.8) is 0 Å². The average molecular weight is 480 g/mol. The number of H-pyrrole nitrogens is 1. The summed E-state index contributed by atoms with van der Waals surface area (Å²) in [6, 6.07) is 6.44. The van der Waals surface area contributed by atoms with Crippen molar-refractivity contribution in [1.29, 1.82) is 0 Å². The summed E-state index contributed by atoms with van der Waals surface area (Å²) >= 11 is 0.936. The smallest absolute Gasteiger partial charge is 0.292 e. The highest BCUT2D eigenvalue weighted by molar-refractivity contribution is 7.99. The summed E-state index contributed by atoms with van der Waals surface area (Å²) in [6.07, 6.45) is 1.23. The quantitative estimate of drug-likeness (QED) is 0.264. The van der Waals surface area contributed by atoms with Crippen LogP contribution in [0.3, 0.4) is 0 Å². The molecule has 0 spiro atoms. The molecule has 0 aliphatic rings. The fourth-order valence-corrected chi connectivity index (χ4v) is 3.69. The van der Waals surface area contributed by atoms with Crippen LogP contribution in [0.5, 0.6) is 0 Å². The Bertz CT molecular complexity index is 1310. The van der Waals surface area contributed by atoms with Crippen LogP contribution in [0.15, 0.2) is 57.7 Å². The number of nitrogens with one attached hydrogen (secondary N) is 3. The van der Waals surface area contributed by atoms with Gasteiger partial charge in [-0.15, -0.1) is 0 Å². The van der Waals surface area contributed by atoms with Crippen molar-refractivity contribution in [3.8, 4) is 0 Å². The summed E-state index contributed by atoms with van der Waals surface area (Å²) in [5.41, 5.74) is 3.08. The van der Waals surface area contributed by atoms with E-state index < -0.39 is 36.4 Å². The molecule has 3 rings (SSSR count). The molecule has 0 saturated heterocycles. The van der Waals surface area contributed by atoms with E-state index in [2.05, 4.69) is 26.0 Å². The molecule has 1 aromatic heterocycles. The van der Waals surface area contributed by atoms with Gasteiger partial charge in [-0.05, 0) is 36.0 Å². The predicted molar refractivity (Wildman–Crippen MR) is 109 cm³/mol. The third kappa shape index (κ3) is 5.14. The number of aromatic nitrogens is 3. The SMILES string of the molecule is NS(=O)(=O)c1ccc(NNC(=O)c2ccc(Sc3ncn[nH]3)c([N+](=O)[O-])c2)c([N+](=O)[O-])c1. The molecule has 5 N–H and O–H groups in total. The molecular formula is C15H12N8O7S2. The van der Waals surface area contributed by atoms with E-state index in [4.69, 9.17) is 5.14 Å². The fraction of sp³-hybridized carbons (Fsp3) is 0. The highest BCUT2D eigenvalue weighted by Crippen LogP contribution is 2.33. The third-order valence-electron chi connectivity index (χ3n) is 3.82. The van der Waals surface area contributed by atoms with Gasteiger partial charge in [-0.2, -0.15) is 5.10 Å². The van der Waals surface area contributed by atoms with E-state index in [1.54, 1.807) is 0 Å². The normalized spacial score (nSPS) is 11.0. The Hall–Kier alpha value is -4.09. The topological polar surface area (TPSA) is 229 Å².